The average molecular weight is 315 g/mol. The molecule has 3 rings (SSSR count). The molecular weight excluding hydrogens is 298 g/mol. The molecule has 1 aromatic heterocycles. The lowest BCUT2D eigenvalue weighted by Crippen LogP contribution is -2.36. The summed E-state index contributed by atoms with van der Waals surface area (Å²) in [5, 5.41) is 13.9. The van der Waals surface area contributed by atoms with E-state index in [1.807, 2.05) is 7.05 Å². The average Bonchev–Trinajstić information content (AvgIpc) is 2.55. The van der Waals surface area contributed by atoms with Crippen molar-refractivity contribution in [2.24, 2.45) is 0 Å². The van der Waals surface area contributed by atoms with E-state index in [9.17, 15) is 10.1 Å². The van der Waals surface area contributed by atoms with Crippen LogP contribution in [-0.4, -0.2) is 46.5 Å². The predicted octanol–water partition coefficient (Wildman–Crippen LogP) is 2.13. The van der Waals surface area contributed by atoms with Gasteiger partial charge in [-0.15, -0.1) is 0 Å². The lowest BCUT2D eigenvalue weighted by molar-refractivity contribution is -0.384. The Hall–Kier alpha value is -2.58. The minimum absolute atomic E-state index is 0.0292. The molecule has 23 heavy (non-hydrogen) atoms. The van der Waals surface area contributed by atoms with E-state index in [2.05, 4.69) is 20.2 Å². The van der Waals surface area contributed by atoms with Gasteiger partial charge in [0, 0.05) is 37.1 Å². The summed E-state index contributed by atoms with van der Waals surface area (Å²) < 4.78 is 5.71. The van der Waals surface area contributed by atoms with E-state index in [-0.39, 0.29) is 11.8 Å². The summed E-state index contributed by atoms with van der Waals surface area (Å²) in [6.07, 6.45) is 1.49. The maximum absolute atomic E-state index is 10.8. The van der Waals surface area contributed by atoms with Gasteiger partial charge in [-0.25, -0.2) is 9.97 Å². The fraction of sp³-hybridized carbons (Fsp3) is 0.333. The van der Waals surface area contributed by atoms with Crippen LogP contribution in [0.25, 0.3) is 0 Å². The Labute approximate surface area is 133 Å². The van der Waals surface area contributed by atoms with Crippen molar-refractivity contribution in [1.29, 1.82) is 0 Å². The van der Waals surface area contributed by atoms with Crippen LogP contribution < -0.4 is 5.32 Å². The van der Waals surface area contributed by atoms with Gasteiger partial charge in [0.05, 0.1) is 11.5 Å². The van der Waals surface area contributed by atoms with E-state index in [0.717, 1.165) is 13.1 Å². The number of benzene rings is 1. The number of non-ortho nitro benzene ring substituents is 1. The first-order chi connectivity index (χ1) is 11.1. The van der Waals surface area contributed by atoms with Crippen molar-refractivity contribution in [1.82, 2.24) is 14.9 Å². The molecule has 1 atom stereocenters. The third-order valence-corrected chi connectivity index (χ3v) is 3.56. The molecular formula is C15H17N5O3. The molecule has 0 spiro atoms. The van der Waals surface area contributed by atoms with Gasteiger partial charge in [0.15, 0.2) is 5.82 Å². The largest absolute Gasteiger partial charge is 0.368 e. The number of hydrogen-bond donors (Lipinski definition) is 1. The second kappa shape index (κ2) is 6.67. The van der Waals surface area contributed by atoms with Crippen molar-refractivity contribution in [2.45, 2.75) is 6.10 Å². The summed E-state index contributed by atoms with van der Waals surface area (Å²) in [5.41, 5.74) is 0.632. The molecule has 2 aromatic rings. The Morgan fingerprint density at radius 3 is 3.09 bits per heavy atom. The highest BCUT2D eigenvalue weighted by molar-refractivity contribution is 5.59. The van der Waals surface area contributed by atoms with Gasteiger partial charge >= 0.3 is 0 Å². The molecule has 0 radical (unpaired) electrons. The molecule has 0 amide bonds. The second-order valence-electron chi connectivity index (χ2n) is 5.35. The predicted molar refractivity (Wildman–Crippen MR) is 84.6 cm³/mol. The zero-order valence-corrected chi connectivity index (χ0v) is 12.7. The summed E-state index contributed by atoms with van der Waals surface area (Å²) >= 11 is 0. The zero-order chi connectivity index (χ0) is 16.2. The normalized spacial score (nSPS) is 18.6. The number of anilines is 2. The van der Waals surface area contributed by atoms with Crippen molar-refractivity contribution in [3.63, 3.8) is 0 Å². The third-order valence-electron chi connectivity index (χ3n) is 3.56. The first kappa shape index (κ1) is 15.3. The quantitative estimate of drug-likeness (QED) is 0.682. The fourth-order valence-corrected chi connectivity index (χ4v) is 2.38. The monoisotopic (exact) mass is 315 g/mol. The highest BCUT2D eigenvalue weighted by Crippen LogP contribution is 2.22. The molecule has 120 valence electrons. The molecule has 1 aliphatic rings. The van der Waals surface area contributed by atoms with E-state index >= 15 is 0 Å². The lowest BCUT2D eigenvalue weighted by Gasteiger charge is -2.29. The number of hydrogen-bond acceptors (Lipinski definition) is 7. The second-order valence-corrected chi connectivity index (χ2v) is 5.35. The highest BCUT2D eigenvalue weighted by atomic mass is 16.6. The Morgan fingerprint density at radius 1 is 1.43 bits per heavy atom. The number of ether oxygens (including phenoxy) is 1. The molecule has 0 bridgehead atoms. The maximum Gasteiger partial charge on any atom is 0.271 e. The zero-order valence-electron chi connectivity index (χ0n) is 12.7. The van der Waals surface area contributed by atoms with Crippen molar-refractivity contribution < 1.29 is 9.66 Å². The van der Waals surface area contributed by atoms with Crippen LogP contribution in [0, 0.1) is 10.1 Å². The topological polar surface area (TPSA) is 93.4 Å². The minimum Gasteiger partial charge on any atom is -0.368 e. The van der Waals surface area contributed by atoms with E-state index in [4.69, 9.17) is 4.74 Å². The lowest BCUT2D eigenvalue weighted by atomic mass is 10.2. The molecule has 1 aliphatic heterocycles. The Kier molecular flexibility index (Phi) is 4.45. The van der Waals surface area contributed by atoms with Gasteiger partial charge in [0.2, 0.25) is 0 Å². The molecule has 1 unspecified atom stereocenters. The van der Waals surface area contributed by atoms with Crippen molar-refractivity contribution in [3.05, 3.63) is 52.5 Å². The van der Waals surface area contributed by atoms with Crippen LogP contribution in [-0.2, 0) is 4.74 Å². The van der Waals surface area contributed by atoms with Crippen LogP contribution in [0.2, 0.25) is 0 Å². The summed E-state index contributed by atoms with van der Waals surface area (Å²) in [5.74, 6) is 1.18. The first-order valence-corrected chi connectivity index (χ1v) is 7.26. The Balaban J connectivity index is 1.77. The Bertz CT molecular complexity index is 709. The van der Waals surface area contributed by atoms with Crippen molar-refractivity contribution in [2.75, 3.05) is 32.1 Å². The smallest absolute Gasteiger partial charge is 0.271 e. The number of nitro groups is 1. The van der Waals surface area contributed by atoms with Gasteiger partial charge in [0.25, 0.3) is 5.69 Å². The number of nitrogens with zero attached hydrogens (tertiary/aromatic N) is 4. The van der Waals surface area contributed by atoms with Gasteiger partial charge in [0.1, 0.15) is 11.9 Å². The number of nitro benzene ring substituents is 1. The highest BCUT2D eigenvalue weighted by Gasteiger charge is 2.22. The first-order valence-electron chi connectivity index (χ1n) is 7.26. The number of likely N-dealkylation sites (N-methyl/N-ethyl adjacent to an activating group) is 1. The Morgan fingerprint density at radius 2 is 2.30 bits per heavy atom. The molecule has 0 saturated carbocycles. The van der Waals surface area contributed by atoms with Crippen LogP contribution in [0.3, 0.4) is 0 Å². The summed E-state index contributed by atoms with van der Waals surface area (Å²) in [6, 6.07) is 8.01. The van der Waals surface area contributed by atoms with Crippen molar-refractivity contribution in [3.8, 4) is 0 Å². The van der Waals surface area contributed by atoms with Crippen LogP contribution in [0.4, 0.5) is 17.2 Å². The molecule has 2 heterocycles. The number of rotatable bonds is 4. The van der Waals surface area contributed by atoms with E-state index < -0.39 is 4.92 Å². The van der Waals surface area contributed by atoms with Crippen LogP contribution in [0.1, 0.15) is 11.9 Å². The summed E-state index contributed by atoms with van der Waals surface area (Å²) in [7, 11) is 2.03. The molecule has 0 aliphatic carbocycles. The fourth-order valence-electron chi connectivity index (χ4n) is 2.38. The molecule has 1 aromatic carbocycles. The van der Waals surface area contributed by atoms with Crippen LogP contribution in [0.5, 0.6) is 0 Å². The van der Waals surface area contributed by atoms with Gasteiger partial charge < -0.3 is 15.0 Å². The standard InChI is InChI=1S/C15H17N5O3/c1-19-7-8-23-13(10-19)15-16-6-5-14(18-15)17-11-3-2-4-12(9-11)20(21)22/h2-6,9,13H,7-8,10H2,1H3,(H,16,17,18). The van der Waals surface area contributed by atoms with Crippen LogP contribution >= 0.6 is 0 Å². The SMILES string of the molecule is CN1CCOC(c2nccc(Nc3cccc([N+](=O)[O-])c3)n2)C1. The van der Waals surface area contributed by atoms with E-state index in [0.29, 0.717) is 23.9 Å². The van der Waals surface area contributed by atoms with E-state index in [1.54, 1.807) is 24.4 Å². The number of nitrogens with one attached hydrogen (secondary N) is 1. The van der Waals surface area contributed by atoms with E-state index in [1.165, 1.54) is 12.1 Å². The maximum atomic E-state index is 10.8. The number of aromatic nitrogens is 2. The van der Waals surface area contributed by atoms with Crippen LogP contribution in [0.15, 0.2) is 36.5 Å². The van der Waals surface area contributed by atoms with Crippen molar-refractivity contribution >= 4 is 17.2 Å². The molecule has 1 saturated heterocycles. The molecule has 1 N–H and O–H groups in total. The third kappa shape index (κ3) is 3.79. The molecule has 1 fully saturated rings. The minimum atomic E-state index is -0.428. The summed E-state index contributed by atoms with van der Waals surface area (Å²) in [6.45, 7) is 2.27. The van der Waals surface area contributed by atoms with Gasteiger partial charge in [-0.3, -0.25) is 10.1 Å². The van der Waals surface area contributed by atoms with Gasteiger partial charge in [-0.2, -0.15) is 0 Å². The van der Waals surface area contributed by atoms with Gasteiger partial charge in [-0.1, -0.05) is 6.07 Å². The molecule has 8 heteroatoms. The van der Waals surface area contributed by atoms with Gasteiger partial charge in [-0.05, 0) is 19.2 Å². The summed E-state index contributed by atoms with van der Waals surface area (Å²) in [4.78, 5) is 21.3. The number of morpholine rings is 1. The molecule has 8 nitrogen and oxygen atoms in total.